The van der Waals surface area contributed by atoms with Gasteiger partial charge in [0.1, 0.15) is 0 Å². The Hall–Kier alpha value is -1.32. The maximum Gasteiger partial charge on any atom is 0.310 e. The topological polar surface area (TPSA) is 63.6 Å². The molecule has 0 unspecified atom stereocenters. The molecule has 76 valence electrons. The lowest BCUT2D eigenvalue weighted by molar-refractivity contribution is -0.156. The summed E-state index contributed by atoms with van der Waals surface area (Å²) in [6.07, 6.45) is 4.62. The summed E-state index contributed by atoms with van der Waals surface area (Å²) in [5, 5.41) is 9.01. The zero-order chi connectivity index (χ0) is 10.3. The summed E-state index contributed by atoms with van der Waals surface area (Å²) < 4.78 is 4.63. The van der Waals surface area contributed by atoms with Gasteiger partial charge in [0.2, 0.25) is 0 Å². The van der Waals surface area contributed by atoms with E-state index in [-0.39, 0.29) is 11.8 Å². The molecular weight excluding hydrogens is 184 g/mol. The van der Waals surface area contributed by atoms with Crippen molar-refractivity contribution >= 4 is 11.9 Å². The Morgan fingerprint density at radius 2 is 1.86 bits per heavy atom. The number of allylic oxidation sites excluding steroid dienone is 2. The van der Waals surface area contributed by atoms with Crippen molar-refractivity contribution in [2.45, 2.75) is 6.42 Å². The molecule has 2 aliphatic carbocycles. The van der Waals surface area contributed by atoms with Crippen LogP contribution in [0.2, 0.25) is 0 Å². The smallest absolute Gasteiger partial charge is 0.310 e. The molecule has 0 aromatic carbocycles. The lowest BCUT2D eigenvalue weighted by Gasteiger charge is -2.21. The second kappa shape index (κ2) is 3.12. The van der Waals surface area contributed by atoms with Gasteiger partial charge in [-0.15, -0.1) is 0 Å². The van der Waals surface area contributed by atoms with Crippen molar-refractivity contribution in [3.63, 3.8) is 0 Å². The number of carbonyl (C=O) groups is 2. The number of fused-ring (bicyclic) bond motifs is 2. The van der Waals surface area contributed by atoms with E-state index in [0.717, 1.165) is 6.42 Å². The van der Waals surface area contributed by atoms with Crippen molar-refractivity contribution in [2.24, 2.45) is 23.7 Å². The fourth-order valence-corrected chi connectivity index (χ4v) is 2.62. The van der Waals surface area contributed by atoms with Crippen molar-refractivity contribution in [2.75, 3.05) is 7.11 Å². The molecule has 0 aromatic heterocycles. The minimum Gasteiger partial charge on any atom is -0.481 e. The van der Waals surface area contributed by atoms with E-state index in [4.69, 9.17) is 5.11 Å². The third-order valence-corrected chi connectivity index (χ3v) is 3.22. The van der Waals surface area contributed by atoms with E-state index in [1.54, 1.807) is 0 Å². The van der Waals surface area contributed by atoms with Crippen LogP contribution < -0.4 is 0 Å². The Morgan fingerprint density at radius 1 is 1.29 bits per heavy atom. The third kappa shape index (κ3) is 1.14. The van der Waals surface area contributed by atoms with Crippen LogP contribution in [0.3, 0.4) is 0 Å². The molecule has 1 saturated carbocycles. The lowest BCUT2D eigenvalue weighted by atomic mass is 9.83. The van der Waals surface area contributed by atoms with Crippen LogP contribution in [0.4, 0.5) is 0 Å². The molecule has 0 aliphatic heterocycles. The maximum atomic E-state index is 11.4. The molecule has 4 heteroatoms. The molecule has 0 amide bonds. The van der Waals surface area contributed by atoms with Gasteiger partial charge in [0.15, 0.2) is 0 Å². The molecule has 0 aromatic rings. The number of carboxylic acid groups (broad SMARTS) is 1. The molecule has 2 rings (SSSR count). The fourth-order valence-electron chi connectivity index (χ4n) is 2.62. The van der Waals surface area contributed by atoms with Crippen molar-refractivity contribution < 1.29 is 19.4 Å². The second-order valence-corrected chi connectivity index (χ2v) is 3.86. The van der Waals surface area contributed by atoms with Crippen LogP contribution in [0.1, 0.15) is 6.42 Å². The average Bonchev–Trinajstić information content (AvgIpc) is 2.74. The van der Waals surface area contributed by atoms with Gasteiger partial charge in [0.25, 0.3) is 0 Å². The van der Waals surface area contributed by atoms with Crippen LogP contribution in [-0.4, -0.2) is 24.2 Å². The summed E-state index contributed by atoms with van der Waals surface area (Å²) in [6, 6.07) is 0. The number of hydrogen-bond acceptors (Lipinski definition) is 3. The molecule has 1 fully saturated rings. The summed E-state index contributed by atoms with van der Waals surface area (Å²) >= 11 is 0. The van der Waals surface area contributed by atoms with Gasteiger partial charge in [-0.2, -0.15) is 0 Å². The minimum atomic E-state index is -0.891. The van der Waals surface area contributed by atoms with Gasteiger partial charge in [-0.25, -0.2) is 0 Å². The molecule has 4 atom stereocenters. The van der Waals surface area contributed by atoms with Gasteiger partial charge in [0.05, 0.1) is 18.9 Å². The van der Waals surface area contributed by atoms with E-state index >= 15 is 0 Å². The SMILES string of the molecule is COC(=O)[C@H]1[C@@H](C(=O)O)[C@H]2C=C[C@@H]1C2. The van der Waals surface area contributed by atoms with E-state index in [9.17, 15) is 9.59 Å². The van der Waals surface area contributed by atoms with Crippen LogP contribution in [0.25, 0.3) is 0 Å². The third-order valence-electron chi connectivity index (χ3n) is 3.22. The Kier molecular flexibility index (Phi) is 2.06. The average molecular weight is 196 g/mol. The summed E-state index contributed by atoms with van der Waals surface area (Å²) in [5.74, 6) is -2.27. The van der Waals surface area contributed by atoms with Crippen molar-refractivity contribution in [1.82, 2.24) is 0 Å². The predicted molar refractivity (Wildman–Crippen MR) is 47.4 cm³/mol. The van der Waals surface area contributed by atoms with E-state index < -0.39 is 23.8 Å². The highest BCUT2D eigenvalue weighted by atomic mass is 16.5. The van der Waals surface area contributed by atoms with Gasteiger partial charge < -0.3 is 9.84 Å². The highest BCUT2D eigenvalue weighted by molar-refractivity contribution is 5.83. The van der Waals surface area contributed by atoms with E-state index in [1.807, 2.05) is 12.2 Å². The molecule has 0 spiro atoms. The first kappa shape index (κ1) is 9.24. The lowest BCUT2D eigenvalue weighted by Crippen LogP contribution is -2.33. The highest BCUT2D eigenvalue weighted by Crippen LogP contribution is 2.48. The Morgan fingerprint density at radius 3 is 2.36 bits per heavy atom. The largest absolute Gasteiger partial charge is 0.481 e. The zero-order valence-corrected chi connectivity index (χ0v) is 7.84. The Balaban J connectivity index is 2.26. The van der Waals surface area contributed by atoms with E-state index in [1.165, 1.54) is 7.11 Å². The number of carbonyl (C=O) groups excluding carboxylic acids is 1. The fraction of sp³-hybridized carbons (Fsp3) is 0.600. The first-order chi connectivity index (χ1) is 6.65. The normalized spacial score (nSPS) is 38.6. The maximum absolute atomic E-state index is 11.4. The molecule has 4 nitrogen and oxygen atoms in total. The summed E-state index contributed by atoms with van der Waals surface area (Å²) in [7, 11) is 1.30. The van der Waals surface area contributed by atoms with Gasteiger partial charge in [0, 0.05) is 0 Å². The van der Waals surface area contributed by atoms with Crippen LogP contribution in [0.15, 0.2) is 12.2 Å². The number of methoxy groups -OCH3 is 1. The number of carboxylic acids is 1. The number of aliphatic carboxylic acids is 1. The van der Waals surface area contributed by atoms with Gasteiger partial charge in [-0.3, -0.25) is 9.59 Å². The van der Waals surface area contributed by atoms with Crippen LogP contribution in [-0.2, 0) is 14.3 Å². The van der Waals surface area contributed by atoms with Gasteiger partial charge >= 0.3 is 11.9 Å². The minimum absolute atomic E-state index is 0.0154. The van der Waals surface area contributed by atoms with Crippen LogP contribution in [0, 0.1) is 23.7 Å². The molecule has 0 saturated heterocycles. The molecular formula is C10H12O4. The first-order valence-electron chi connectivity index (χ1n) is 4.64. The summed E-state index contributed by atoms with van der Waals surface area (Å²) in [4.78, 5) is 22.4. The summed E-state index contributed by atoms with van der Waals surface area (Å²) in [6.45, 7) is 0. The number of esters is 1. The number of rotatable bonds is 2. The van der Waals surface area contributed by atoms with E-state index in [0.29, 0.717) is 0 Å². The summed E-state index contributed by atoms with van der Waals surface area (Å²) in [5.41, 5.74) is 0. The zero-order valence-electron chi connectivity index (χ0n) is 7.84. The predicted octanol–water partition coefficient (Wildman–Crippen LogP) is 0.682. The number of ether oxygens (including phenoxy) is 1. The molecule has 2 aliphatic rings. The van der Waals surface area contributed by atoms with Gasteiger partial charge in [-0.1, -0.05) is 12.2 Å². The molecule has 0 heterocycles. The van der Waals surface area contributed by atoms with Crippen LogP contribution >= 0.6 is 0 Å². The molecule has 2 bridgehead atoms. The van der Waals surface area contributed by atoms with Gasteiger partial charge in [-0.05, 0) is 18.3 Å². The highest BCUT2D eigenvalue weighted by Gasteiger charge is 2.52. The monoisotopic (exact) mass is 196 g/mol. The standard InChI is InChI=1S/C10H12O4/c1-14-10(13)8-6-3-2-5(4-6)7(8)9(11)12/h2-3,5-8H,4H2,1H3,(H,11,12)/t5-,6+,7-,8+/m0/s1. The molecule has 1 N–H and O–H groups in total. The quantitative estimate of drug-likeness (QED) is 0.521. The van der Waals surface area contributed by atoms with Crippen LogP contribution in [0.5, 0.6) is 0 Å². The first-order valence-corrected chi connectivity index (χ1v) is 4.64. The van der Waals surface area contributed by atoms with Crippen molar-refractivity contribution in [3.05, 3.63) is 12.2 Å². The Labute approximate surface area is 81.6 Å². The van der Waals surface area contributed by atoms with Crippen molar-refractivity contribution in [1.29, 1.82) is 0 Å². The van der Waals surface area contributed by atoms with Crippen molar-refractivity contribution in [3.8, 4) is 0 Å². The second-order valence-electron chi connectivity index (χ2n) is 3.86. The van der Waals surface area contributed by atoms with E-state index in [2.05, 4.69) is 4.74 Å². The molecule has 14 heavy (non-hydrogen) atoms. The number of hydrogen-bond donors (Lipinski definition) is 1. The molecule has 0 radical (unpaired) electrons. The Bertz CT molecular complexity index is 307.